The highest BCUT2D eigenvalue weighted by atomic mass is 79.9. The van der Waals surface area contributed by atoms with E-state index < -0.39 is 23.5 Å². The topological polar surface area (TPSA) is 66.4 Å². The van der Waals surface area contributed by atoms with Gasteiger partial charge in [-0.3, -0.25) is 4.79 Å². The largest absolute Gasteiger partial charge is 0.478 e. The van der Waals surface area contributed by atoms with Crippen molar-refractivity contribution in [2.24, 2.45) is 0 Å². The van der Waals surface area contributed by atoms with Crippen LogP contribution in [-0.4, -0.2) is 17.0 Å². The van der Waals surface area contributed by atoms with E-state index in [0.717, 1.165) is 18.2 Å². The van der Waals surface area contributed by atoms with Gasteiger partial charge >= 0.3 is 5.97 Å². The lowest BCUT2D eigenvalue weighted by molar-refractivity contribution is 0.0696. The zero-order valence-electron chi connectivity index (χ0n) is 10.4. The van der Waals surface area contributed by atoms with Gasteiger partial charge in [0.25, 0.3) is 5.91 Å². The van der Waals surface area contributed by atoms with E-state index in [0.29, 0.717) is 0 Å². The molecule has 0 aliphatic carbocycles. The molecule has 0 heterocycles. The Kier molecular flexibility index (Phi) is 4.32. The van der Waals surface area contributed by atoms with E-state index in [4.69, 9.17) is 5.11 Å². The Morgan fingerprint density at radius 3 is 2.24 bits per heavy atom. The third-order valence-corrected chi connectivity index (χ3v) is 3.25. The second-order valence-corrected chi connectivity index (χ2v) is 4.94. The Bertz CT molecular complexity index is 734. The normalized spacial score (nSPS) is 10.2. The molecule has 2 N–H and O–H groups in total. The van der Waals surface area contributed by atoms with Gasteiger partial charge in [0, 0.05) is 5.56 Å². The van der Waals surface area contributed by atoms with E-state index in [1.165, 1.54) is 18.2 Å². The van der Waals surface area contributed by atoms with Crippen molar-refractivity contribution in [3.63, 3.8) is 0 Å². The summed E-state index contributed by atoms with van der Waals surface area (Å²) in [5.74, 6) is -3.31. The number of hydrogen-bond acceptors (Lipinski definition) is 2. The fourth-order valence-electron chi connectivity index (χ4n) is 1.58. The minimum atomic E-state index is -1.27. The predicted molar refractivity (Wildman–Crippen MR) is 75.4 cm³/mol. The molecule has 4 nitrogen and oxygen atoms in total. The van der Waals surface area contributed by atoms with Gasteiger partial charge in [0.2, 0.25) is 0 Å². The van der Waals surface area contributed by atoms with E-state index in [2.05, 4.69) is 21.2 Å². The van der Waals surface area contributed by atoms with Gasteiger partial charge in [-0.25, -0.2) is 13.6 Å². The number of carbonyl (C=O) groups is 2. The number of carbonyl (C=O) groups excluding carboxylic acids is 1. The first kappa shape index (κ1) is 15.1. The monoisotopic (exact) mass is 355 g/mol. The van der Waals surface area contributed by atoms with Gasteiger partial charge in [-0.1, -0.05) is 0 Å². The van der Waals surface area contributed by atoms with Gasteiger partial charge in [0.1, 0.15) is 11.6 Å². The number of rotatable bonds is 3. The average Bonchev–Trinajstić information content (AvgIpc) is 2.43. The number of nitrogens with one attached hydrogen (secondary N) is 1. The van der Waals surface area contributed by atoms with E-state index >= 15 is 0 Å². The summed E-state index contributed by atoms with van der Waals surface area (Å²) in [6, 6.07) is 6.73. The van der Waals surface area contributed by atoms with Crippen LogP contribution in [0.1, 0.15) is 20.7 Å². The summed E-state index contributed by atoms with van der Waals surface area (Å²) in [6.45, 7) is 0. The Morgan fingerprint density at radius 1 is 1.00 bits per heavy atom. The van der Waals surface area contributed by atoms with Crippen LogP contribution in [-0.2, 0) is 0 Å². The average molecular weight is 356 g/mol. The van der Waals surface area contributed by atoms with Gasteiger partial charge in [-0.05, 0) is 52.3 Å². The predicted octanol–water partition coefficient (Wildman–Crippen LogP) is 3.68. The third kappa shape index (κ3) is 3.43. The second-order valence-electron chi connectivity index (χ2n) is 4.08. The highest BCUT2D eigenvalue weighted by Gasteiger charge is 2.13. The van der Waals surface area contributed by atoms with Crippen LogP contribution in [0.4, 0.5) is 14.5 Å². The maximum absolute atomic E-state index is 13.7. The molecule has 0 radical (unpaired) electrons. The highest BCUT2D eigenvalue weighted by molar-refractivity contribution is 9.10. The smallest absolute Gasteiger partial charge is 0.335 e. The van der Waals surface area contributed by atoms with E-state index in [9.17, 15) is 18.4 Å². The van der Waals surface area contributed by atoms with Gasteiger partial charge in [-0.15, -0.1) is 0 Å². The quantitative estimate of drug-likeness (QED) is 0.882. The lowest BCUT2D eigenvalue weighted by atomic mass is 10.1. The Morgan fingerprint density at radius 2 is 1.67 bits per heavy atom. The summed E-state index contributed by atoms with van der Waals surface area (Å²) in [6.07, 6.45) is 0. The lowest BCUT2D eigenvalue weighted by Gasteiger charge is -2.07. The van der Waals surface area contributed by atoms with Crippen molar-refractivity contribution >= 4 is 33.5 Å². The maximum Gasteiger partial charge on any atom is 0.335 e. The van der Waals surface area contributed by atoms with E-state index in [-0.39, 0.29) is 21.3 Å². The molecule has 0 saturated carbocycles. The molecule has 21 heavy (non-hydrogen) atoms. The van der Waals surface area contributed by atoms with E-state index in [1.807, 2.05) is 0 Å². The van der Waals surface area contributed by atoms with Crippen LogP contribution in [0.5, 0.6) is 0 Å². The summed E-state index contributed by atoms with van der Waals surface area (Å²) in [5.41, 5.74) is -0.259. The molecule has 0 fully saturated rings. The SMILES string of the molecule is O=C(O)c1ccc(NC(=O)c2ccc(F)c(Br)c2)c(F)c1. The highest BCUT2D eigenvalue weighted by Crippen LogP contribution is 2.20. The number of anilines is 1. The third-order valence-electron chi connectivity index (χ3n) is 2.65. The molecule has 0 aliphatic rings. The minimum Gasteiger partial charge on any atom is -0.478 e. The molecular weight excluding hydrogens is 348 g/mol. The maximum atomic E-state index is 13.7. The first-order valence-electron chi connectivity index (χ1n) is 5.67. The van der Waals surface area contributed by atoms with Gasteiger partial charge in [0.05, 0.1) is 15.7 Å². The number of benzene rings is 2. The lowest BCUT2D eigenvalue weighted by Crippen LogP contribution is -2.13. The second kappa shape index (κ2) is 6.01. The van der Waals surface area contributed by atoms with Gasteiger partial charge in [0.15, 0.2) is 0 Å². The molecule has 0 bridgehead atoms. The molecule has 2 rings (SSSR count). The van der Waals surface area contributed by atoms with Crippen molar-refractivity contribution in [3.05, 3.63) is 63.6 Å². The molecule has 0 atom stereocenters. The fraction of sp³-hybridized carbons (Fsp3) is 0. The summed E-state index contributed by atoms with van der Waals surface area (Å²) < 4.78 is 26.9. The number of carboxylic acid groups (broad SMARTS) is 1. The Balaban J connectivity index is 2.23. The first-order chi connectivity index (χ1) is 9.88. The molecule has 0 aliphatic heterocycles. The zero-order valence-corrected chi connectivity index (χ0v) is 11.9. The molecule has 0 saturated heterocycles. The molecule has 2 aromatic carbocycles. The van der Waals surface area contributed by atoms with Crippen molar-refractivity contribution < 1.29 is 23.5 Å². The summed E-state index contributed by atoms with van der Waals surface area (Å²) in [4.78, 5) is 22.6. The number of carboxylic acids is 1. The molecule has 0 unspecified atom stereocenters. The Labute approximate surface area is 126 Å². The summed E-state index contributed by atoms with van der Waals surface area (Å²) >= 11 is 2.95. The molecule has 0 spiro atoms. The number of halogens is 3. The van der Waals surface area contributed by atoms with Crippen LogP contribution >= 0.6 is 15.9 Å². The number of aromatic carboxylic acids is 1. The summed E-state index contributed by atoms with van der Waals surface area (Å²) in [5, 5.41) is 11.0. The van der Waals surface area contributed by atoms with Crippen molar-refractivity contribution in [1.29, 1.82) is 0 Å². The van der Waals surface area contributed by atoms with Crippen LogP contribution in [0.3, 0.4) is 0 Å². The van der Waals surface area contributed by atoms with Crippen LogP contribution < -0.4 is 5.32 Å². The van der Waals surface area contributed by atoms with Crippen molar-refractivity contribution in [2.75, 3.05) is 5.32 Å². The van der Waals surface area contributed by atoms with Gasteiger partial charge in [-0.2, -0.15) is 0 Å². The Hall–Kier alpha value is -2.28. The van der Waals surface area contributed by atoms with Crippen LogP contribution in [0.15, 0.2) is 40.9 Å². The minimum absolute atomic E-state index is 0.108. The van der Waals surface area contributed by atoms with Crippen LogP contribution in [0.25, 0.3) is 0 Å². The molecule has 108 valence electrons. The fourth-order valence-corrected chi connectivity index (χ4v) is 1.96. The molecule has 0 aromatic heterocycles. The molecule has 1 amide bonds. The van der Waals surface area contributed by atoms with Crippen molar-refractivity contribution in [3.8, 4) is 0 Å². The van der Waals surface area contributed by atoms with E-state index in [1.54, 1.807) is 0 Å². The number of hydrogen-bond donors (Lipinski definition) is 2. The number of amides is 1. The molecule has 7 heteroatoms. The first-order valence-corrected chi connectivity index (χ1v) is 6.47. The molecule has 2 aromatic rings. The standard InChI is InChI=1S/C14H8BrF2NO3/c15-9-5-7(1-3-10(9)16)13(19)18-12-4-2-8(14(20)21)6-11(12)17/h1-6H,(H,18,19)(H,20,21). The van der Waals surface area contributed by atoms with Crippen LogP contribution in [0.2, 0.25) is 0 Å². The van der Waals surface area contributed by atoms with Crippen molar-refractivity contribution in [2.45, 2.75) is 0 Å². The van der Waals surface area contributed by atoms with Crippen LogP contribution in [0, 0.1) is 11.6 Å². The van der Waals surface area contributed by atoms with Crippen molar-refractivity contribution in [1.82, 2.24) is 0 Å². The summed E-state index contributed by atoms with van der Waals surface area (Å²) in [7, 11) is 0. The van der Waals surface area contributed by atoms with Gasteiger partial charge < -0.3 is 10.4 Å². The zero-order chi connectivity index (χ0) is 15.6. The molecular formula is C14H8BrF2NO3.